The summed E-state index contributed by atoms with van der Waals surface area (Å²) < 4.78 is 0. The van der Waals surface area contributed by atoms with Crippen molar-refractivity contribution in [2.75, 3.05) is 33.7 Å². The van der Waals surface area contributed by atoms with Crippen molar-refractivity contribution in [2.24, 2.45) is 5.41 Å². The van der Waals surface area contributed by atoms with Gasteiger partial charge in [-0.3, -0.25) is 0 Å². The molecular weight excluding hydrogens is 174 g/mol. The molecule has 0 aromatic rings. The van der Waals surface area contributed by atoms with E-state index < -0.39 is 0 Å². The molecule has 0 heterocycles. The highest BCUT2D eigenvalue weighted by Crippen LogP contribution is 2.39. The normalized spacial score (nSPS) is 19.0. The van der Waals surface area contributed by atoms with E-state index in [1.54, 1.807) is 0 Å². The molecule has 80 valence electrons. The van der Waals surface area contributed by atoms with Gasteiger partial charge in [-0.15, -0.1) is 0 Å². The molecule has 0 bridgehead atoms. The van der Waals surface area contributed by atoms with Crippen LogP contribution in [0.4, 0.5) is 0 Å². The van der Waals surface area contributed by atoms with E-state index in [1.807, 2.05) is 0 Å². The summed E-state index contributed by atoms with van der Waals surface area (Å²) >= 11 is 0. The van der Waals surface area contributed by atoms with Crippen LogP contribution in [0.25, 0.3) is 0 Å². The third-order valence-electron chi connectivity index (χ3n) is 2.97. The number of nitriles is 1. The first-order valence-corrected chi connectivity index (χ1v) is 5.45. The van der Waals surface area contributed by atoms with Crippen molar-refractivity contribution in [3.8, 4) is 6.07 Å². The van der Waals surface area contributed by atoms with Crippen LogP contribution in [0.5, 0.6) is 0 Å². The van der Waals surface area contributed by atoms with Crippen molar-refractivity contribution in [1.29, 1.82) is 5.26 Å². The molecule has 0 aromatic heterocycles. The first kappa shape index (κ1) is 11.5. The van der Waals surface area contributed by atoms with E-state index in [-0.39, 0.29) is 5.41 Å². The number of hydrogen-bond donors (Lipinski definition) is 1. The monoisotopic (exact) mass is 195 g/mol. The van der Waals surface area contributed by atoms with Crippen LogP contribution in [-0.2, 0) is 0 Å². The van der Waals surface area contributed by atoms with Gasteiger partial charge < -0.3 is 10.2 Å². The number of nitrogens with zero attached hydrogens (tertiary/aromatic N) is 2. The quantitative estimate of drug-likeness (QED) is 0.648. The van der Waals surface area contributed by atoms with E-state index in [0.717, 1.165) is 38.9 Å². The summed E-state index contributed by atoms with van der Waals surface area (Å²) in [7, 11) is 4.17. The summed E-state index contributed by atoms with van der Waals surface area (Å²) in [6.07, 6.45) is 4.57. The molecule has 14 heavy (non-hydrogen) atoms. The molecule has 0 spiro atoms. The number of rotatable bonds is 6. The molecule has 1 fully saturated rings. The second-order valence-corrected chi connectivity index (χ2v) is 4.58. The fraction of sp³-hybridized carbons (Fsp3) is 0.909. The summed E-state index contributed by atoms with van der Waals surface area (Å²) in [4.78, 5) is 2.19. The Balaban J connectivity index is 2.01. The molecule has 1 aliphatic rings. The predicted octanol–water partition coefficient (Wildman–Crippen LogP) is 1.22. The maximum Gasteiger partial charge on any atom is 0.0703 e. The minimum absolute atomic E-state index is 0.0158. The highest BCUT2D eigenvalue weighted by Gasteiger charge is 2.36. The van der Waals surface area contributed by atoms with Gasteiger partial charge in [-0.05, 0) is 46.4 Å². The number of nitrogens with one attached hydrogen (secondary N) is 1. The van der Waals surface area contributed by atoms with Gasteiger partial charge in [-0.1, -0.05) is 6.42 Å². The third-order valence-corrected chi connectivity index (χ3v) is 2.97. The molecule has 0 atom stereocenters. The topological polar surface area (TPSA) is 39.1 Å². The summed E-state index contributed by atoms with van der Waals surface area (Å²) in [5, 5.41) is 12.4. The highest BCUT2D eigenvalue weighted by molar-refractivity contribution is 5.05. The molecule has 0 aromatic carbocycles. The Morgan fingerprint density at radius 3 is 2.57 bits per heavy atom. The fourth-order valence-electron chi connectivity index (χ4n) is 1.78. The van der Waals surface area contributed by atoms with Gasteiger partial charge in [0.05, 0.1) is 11.5 Å². The molecule has 0 aliphatic heterocycles. The maximum atomic E-state index is 8.98. The van der Waals surface area contributed by atoms with Crippen LogP contribution >= 0.6 is 0 Å². The lowest BCUT2D eigenvalue weighted by Crippen LogP contribution is -2.39. The molecule has 0 saturated heterocycles. The van der Waals surface area contributed by atoms with Crippen molar-refractivity contribution in [3.63, 3.8) is 0 Å². The van der Waals surface area contributed by atoms with Gasteiger partial charge in [0.25, 0.3) is 0 Å². The Bertz CT molecular complexity index is 201. The van der Waals surface area contributed by atoms with Gasteiger partial charge in [-0.2, -0.15) is 5.26 Å². The molecular formula is C11H21N3. The van der Waals surface area contributed by atoms with E-state index in [4.69, 9.17) is 5.26 Å². The summed E-state index contributed by atoms with van der Waals surface area (Å²) in [6.45, 7) is 3.03. The van der Waals surface area contributed by atoms with Crippen molar-refractivity contribution in [1.82, 2.24) is 10.2 Å². The average molecular weight is 195 g/mol. The van der Waals surface area contributed by atoms with Gasteiger partial charge in [0.2, 0.25) is 0 Å². The molecule has 0 radical (unpaired) electrons. The van der Waals surface area contributed by atoms with Crippen LogP contribution < -0.4 is 5.32 Å². The van der Waals surface area contributed by atoms with E-state index in [2.05, 4.69) is 30.4 Å². The molecule has 1 saturated carbocycles. The zero-order chi connectivity index (χ0) is 10.4. The molecule has 3 nitrogen and oxygen atoms in total. The standard InChI is InChI=1S/C11H21N3/c1-14(2)8-4-7-13-10-11(9-12)5-3-6-11/h13H,3-8,10H2,1-2H3. The van der Waals surface area contributed by atoms with Gasteiger partial charge >= 0.3 is 0 Å². The highest BCUT2D eigenvalue weighted by atomic mass is 15.1. The van der Waals surface area contributed by atoms with Gasteiger partial charge in [0, 0.05) is 6.54 Å². The number of hydrogen-bond acceptors (Lipinski definition) is 3. The summed E-state index contributed by atoms with van der Waals surface area (Å²) in [5.74, 6) is 0. The maximum absolute atomic E-state index is 8.98. The Kier molecular flexibility index (Phi) is 4.37. The third kappa shape index (κ3) is 3.28. The van der Waals surface area contributed by atoms with Crippen LogP contribution in [0, 0.1) is 16.7 Å². The molecule has 1 rings (SSSR count). The average Bonchev–Trinajstić information content (AvgIpc) is 2.08. The Labute approximate surface area is 87.1 Å². The smallest absolute Gasteiger partial charge is 0.0703 e. The van der Waals surface area contributed by atoms with Gasteiger partial charge in [0.1, 0.15) is 0 Å². The second-order valence-electron chi connectivity index (χ2n) is 4.58. The van der Waals surface area contributed by atoms with Crippen LogP contribution in [0.3, 0.4) is 0 Å². The van der Waals surface area contributed by atoms with Crippen molar-refractivity contribution >= 4 is 0 Å². The van der Waals surface area contributed by atoms with Crippen molar-refractivity contribution in [2.45, 2.75) is 25.7 Å². The Morgan fingerprint density at radius 1 is 1.43 bits per heavy atom. The van der Waals surface area contributed by atoms with E-state index in [1.165, 1.54) is 6.42 Å². The molecule has 1 aliphatic carbocycles. The first-order valence-electron chi connectivity index (χ1n) is 5.45. The van der Waals surface area contributed by atoms with E-state index in [9.17, 15) is 0 Å². The SMILES string of the molecule is CN(C)CCCNCC1(C#N)CCC1. The fourth-order valence-corrected chi connectivity index (χ4v) is 1.78. The molecule has 1 N–H and O–H groups in total. The lowest BCUT2D eigenvalue weighted by Gasteiger charge is -2.35. The zero-order valence-corrected chi connectivity index (χ0v) is 9.34. The second kappa shape index (κ2) is 5.33. The minimum Gasteiger partial charge on any atom is -0.315 e. The van der Waals surface area contributed by atoms with E-state index in [0.29, 0.717) is 0 Å². The lowest BCUT2D eigenvalue weighted by atomic mass is 9.70. The Morgan fingerprint density at radius 2 is 2.14 bits per heavy atom. The van der Waals surface area contributed by atoms with Crippen LogP contribution in [-0.4, -0.2) is 38.6 Å². The summed E-state index contributed by atoms with van der Waals surface area (Å²) in [6, 6.07) is 2.44. The van der Waals surface area contributed by atoms with Crippen LogP contribution in [0.15, 0.2) is 0 Å². The zero-order valence-electron chi connectivity index (χ0n) is 9.34. The van der Waals surface area contributed by atoms with Crippen molar-refractivity contribution in [3.05, 3.63) is 0 Å². The predicted molar refractivity (Wildman–Crippen MR) is 57.9 cm³/mol. The van der Waals surface area contributed by atoms with Crippen molar-refractivity contribution < 1.29 is 0 Å². The van der Waals surface area contributed by atoms with Gasteiger partial charge in [-0.25, -0.2) is 0 Å². The first-order chi connectivity index (χ1) is 6.68. The van der Waals surface area contributed by atoms with Crippen LogP contribution in [0.2, 0.25) is 0 Å². The largest absolute Gasteiger partial charge is 0.315 e. The van der Waals surface area contributed by atoms with Crippen LogP contribution in [0.1, 0.15) is 25.7 Å². The molecule has 0 unspecified atom stereocenters. The lowest BCUT2D eigenvalue weighted by molar-refractivity contribution is 0.206. The summed E-state index contributed by atoms with van der Waals surface area (Å²) in [5.41, 5.74) is -0.0158. The minimum atomic E-state index is -0.0158. The Hall–Kier alpha value is -0.590. The van der Waals surface area contributed by atoms with Gasteiger partial charge in [0.15, 0.2) is 0 Å². The molecule has 0 amide bonds. The molecule has 3 heteroatoms. The van der Waals surface area contributed by atoms with E-state index >= 15 is 0 Å².